The lowest BCUT2D eigenvalue weighted by molar-refractivity contribution is 0.111. The predicted octanol–water partition coefficient (Wildman–Crippen LogP) is 3.72. The molecule has 0 saturated heterocycles. The first kappa shape index (κ1) is 12.0. The van der Waals surface area contributed by atoms with Gasteiger partial charge < -0.3 is 0 Å². The molecule has 0 amide bonds. The van der Waals surface area contributed by atoms with E-state index in [1.54, 1.807) is 22.7 Å². The van der Waals surface area contributed by atoms with Crippen LogP contribution in [0.1, 0.15) is 10.5 Å². The molecule has 5 heteroatoms. The summed E-state index contributed by atoms with van der Waals surface area (Å²) in [6.45, 7) is 0. The highest BCUT2D eigenvalue weighted by Gasteiger charge is 2.14. The summed E-state index contributed by atoms with van der Waals surface area (Å²) in [5, 5.41) is 0. The van der Waals surface area contributed by atoms with Crippen molar-refractivity contribution in [3.8, 4) is 11.3 Å². The van der Waals surface area contributed by atoms with Crippen LogP contribution < -0.4 is 0 Å². The second-order valence-electron chi connectivity index (χ2n) is 4.02. The van der Waals surface area contributed by atoms with Gasteiger partial charge in [0.05, 0.1) is 4.47 Å². The third kappa shape index (κ3) is 1.96. The lowest BCUT2D eigenvalue weighted by atomic mass is 10.1. The average Bonchev–Trinajstić information content (AvgIpc) is 2.79. The molecule has 2 heterocycles. The summed E-state index contributed by atoms with van der Waals surface area (Å²) in [7, 11) is 0. The SMILES string of the molecule is O=Cc1c(-c2ccc(F)cc2)nc2c(Br)cccn12. The molecule has 1 aromatic carbocycles. The Morgan fingerprint density at radius 1 is 1.21 bits per heavy atom. The van der Waals surface area contributed by atoms with Crippen LogP contribution in [0.25, 0.3) is 16.9 Å². The first-order valence-electron chi connectivity index (χ1n) is 5.58. The van der Waals surface area contributed by atoms with Crippen LogP contribution in [-0.4, -0.2) is 15.7 Å². The third-order valence-corrected chi connectivity index (χ3v) is 3.49. The van der Waals surface area contributed by atoms with E-state index in [-0.39, 0.29) is 5.82 Å². The zero-order valence-corrected chi connectivity index (χ0v) is 11.3. The smallest absolute Gasteiger partial charge is 0.169 e. The van der Waals surface area contributed by atoms with E-state index in [9.17, 15) is 9.18 Å². The number of rotatable bonds is 2. The molecule has 3 nitrogen and oxygen atoms in total. The predicted molar refractivity (Wildman–Crippen MR) is 73.7 cm³/mol. The summed E-state index contributed by atoms with van der Waals surface area (Å²) < 4.78 is 15.5. The molecule has 94 valence electrons. The number of imidazole rings is 1. The fourth-order valence-electron chi connectivity index (χ4n) is 1.99. The van der Waals surface area contributed by atoms with Gasteiger partial charge >= 0.3 is 0 Å². The van der Waals surface area contributed by atoms with Crippen LogP contribution in [0.4, 0.5) is 4.39 Å². The molecule has 0 aliphatic heterocycles. The van der Waals surface area contributed by atoms with Gasteiger partial charge in [0.15, 0.2) is 11.9 Å². The lowest BCUT2D eigenvalue weighted by Crippen LogP contribution is -1.92. The Hall–Kier alpha value is -2.01. The molecular weight excluding hydrogens is 311 g/mol. The van der Waals surface area contributed by atoms with E-state index in [0.29, 0.717) is 22.6 Å². The standard InChI is InChI=1S/C14H8BrFN2O/c15-11-2-1-7-18-12(8-19)13(17-14(11)18)9-3-5-10(16)6-4-9/h1-8H. The molecule has 2 aromatic heterocycles. The molecule has 0 radical (unpaired) electrons. The number of fused-ring (bicyclic) bond motifs is 1. The first-order chi connectivity index (χ1) is 9.20. The molecule has 0 N–H and O–H groups in total. The van der Waals surface area contributed by atoms with Crippen molar-refractivity contribution in [3.63, 3.8) is 0 Å². The summed E-state index contributed by atoms with van der Waals surface area (Å²) in [6.07, 6.45) is 2.52. The molecule has 0 bridgehead atoms. The van der Waals surface area contributed by atoms with Crippen LogP contribution in [0.2, 0.25) is 0 Å². The van der Waals surface area contributed by atoms with Gasteiger partial charge in [-0.2, -0.15) is 0 Å². The van der Waals surface area contributed by atoms with Crippen LogP contribution in [0, 0.1) is 5.82 Å². The molecule has 0 spiro atoms. The monoisotopic (exact) mass is 318 g/mol. The normalized spacial score (nSPS) is 10.8. The van der Waals surface area contributed by atoms with Crippen molar-refractivity contribution in [3.05, 3.63) is 58.6 Å². The van der Waals surface area contributed by atoms with Crippen molar-refractivity contribution >= 4 is 27.9 Å². The molecule has 0 atom stereocenters. The van der Waals surface area contributed by atoms with Crippen LogP contribution in [0.5, 0.6) is 0 Å². The number of nitrogens with zero attached hydrogens (tertiary/aromatic N) is 2. The summed E-state index contributed by atoms with van der Waals surface area (Å²) >= 11 is 3.40. The van der Waals surface area contributed by atoms with E-state index in [1.807, 2.05) is 12.1 Å². The van der Waals surface area contributed by atoms with E-state index >= 15 is 0 Å². The van der Waals surface area contributed by atoms with Gasteiger partial charge in [-0.1, -0.05) is 0 Å². The quantitative estimate of drug-likeness (QED) is 0.675. The lowest BCUT2D eigenvalue weighted by Gasteiger charge is -1.98. The summed E-state index contributed by atoms with van der Waals surface area (Å²) in [6, 6.07) is 9.59. The van der Waals surface area contributed by atoms with Gasteiger partial charge in [-0.15, -0.1) is 0 Å². The number of carbonyl (C=O) groups excluding carboxylic acids is 1. The van der Waals surface area contributed by atoms with Gasteiger partial charge in [0.2, 0.25) is 0 Å². The molecule has 0 unspecified atom stereocenters. The van der Waals surface area contributed by atoms with E-state index in [1.165, 1.54) is 12.1 Å². The average molecular weight is 319 g/mol. The fraction of sp³-hybridized carbons (Fsp3) is 0. The Bertz CT molecular complexity index is 765. The number of aldehydes is 1. The molecular formula is C14H8BrFN2O. The van der Waals surface area contributed by atoms with Gasteiger partial charge in [0.1, 0.15) is 17.2 Å². The highest BCUT2D eigenvalue weighted by Crippen LogP contribution is 2.26. The molecule has 19 heavy (non-hydrogen) atoms. The summed E-state index contributed by atoms with van der Waals surface area (Å²) in [4.78, 5) is 15.7. The molecule has 0 fully saturated rings. The van der Waals surface area contributed by atoms with Crippen molar-refractivity contribution in [2.75, 3.05) is 0 Å². The van der Waals surface area contributed by atoms with Gasteiger partial charge in [-0.3, -0.25) is 9.20 Å². The minimum absolute atomic E-state index is 0.318. The van der Waals surface area contributed by atoms with Gasteiger partial charge in [0.25, 0.3) is 0 Å². The van der Waals surface area contributed by atoms with Gasteiger partial charge in [-0.25, -0.2) is 9.37 Å². The maximum Gasteiger partial charge on any atom is 0.169 e. The van der Waals surface area contributed by atoms with Crippen molar-refractivity contribution in [2.24, 2.45) is 0 Å². The Morgan fingerprint density at radius 3 is 2.63 bits per heavy atom. The fourth-order valence-corrected chi connectivity index (χ4v) is 2.42. The zero-order valence-electron chi connectivity index (χ0n) is 9.68. The molecule has 0 aliphatic rings. The van der Waals surface area contributed by atoms with E-state index in [0.717, 1.165) is 10.8 Å². The molecule has 0 saturated carbocycles. The van der Waals surface area contributed by atoms with E-state index < -0.39 is 0 Å². The van der Waals surface area contributed by atoms with Crippen molar-refractivity contribution < 1.29 is 9.18 Å². The van der Waals surface area contributed by atoms with Gasteiger partial charge in [-0.05, 0) is 52.3 Å². The number of aromatic nitrogens is 2. The number of benzene rings is 1. The zero-order chi connectivity index (χ0) is 13.4. The van der Waals surface area contributed by atoms with Gasteiger partial charge in [0, 0.05) is 11.8 Å². The second kappa shape index (κ2) is 4.59. The molecule has 3 aromatic rings. The Morgan fingerprint density at radius 2 is 1.95 bits per heavy atom. The van der Waals surface area contributed by atoms with Crippen molar-refractivity contribution in [1.82, 2.24) is 9.38 Å². The highest BCUT2D eigenvalue weighted by atomic mass is 79.9. The van der Waals surface area contributed by atoms with E-state index in [2.05, 4.69) is 20.9 Å². The Labute approximate surface area is 116 Å². The topological polar surface area (TPSA) is 34.4 Å². The molecule has 0 aliphatic carbocycles. The van der Waals surface area contributed by atoms with Crippen LogP contribution in [0.3, 0.4) is 0 Å². The minimum atomic E-state index is -0.318. The van der Waals surface area contributed by atoms with Crippen LogP contribution in [-0.2, 0) is 0 Å². The summed E-state index contributed by atoms with van der Waals surface area (Å²) in [5.74, 6) is -0.318. The second-order valence-corrected chi connectivity index (χ2v) is 4.87. The molecule has 3 rings (SSSR count). The largest absolute Gasteiger partial charge is 0.296 e. The van der Waals surface area contributed by atoms with Crippen molar-refractivity contribution in [1.29, 1.82) is 0 Å². The maximum absolute atomic E-state index is 13.0. The number of pyridine rings is 1. The number of carbonyl (C=O) groups is 1. The maximum atomic E-state index is 13.0. The minimum Gasteiger partial charge on any atom is -0.296 e. The number of hydrogen-bond acceptors (Lipinski definition) is 2. The van der Waals surface area contributed by atoms with Crippen molar-refractivity contribution in [2.45, 2.75) is 0 Å². The number of hydrogen-bond donors (Lipinski definition) is 0. The van der Waals surface area contributed by atoms with Crippen LogP contribution in [0.15, 0.2) is 47.1 Å². The number of halogens is 2. The highest BCUT2D eigenvalue weighted by molar-refractivity contribution is 9.10. The first-order valence-corrected chi connectivity index (χ1v) is 6.37. The third-order valence-electron chi connectivity index (χ3n) is 2.87. The Kier molecular flexibility index (Phi) is 2.91. The van der Waals surface area contributed by atoms with E-state index in [4.69, 9.17) is 0 Å². The van der Waals surface area contributed by atoms with Crippen LogP contribution >= 0.6 is 15.9 Å². The Balaban J connectivity index is 2.32. The summed E-state index contributed by atoms with van der Waals surface area (Å²) in [5.41, 5.74) is 2.35.